The van der Waals surface area contributed by atoms with Crippen LogP contribution in [-0.4, -0.2) is 40.6 Å². The quantitative estimate of drug-likeness (QED) is 0.526. The van der Waals surface area contributed by atoms with E-state index >= 15 is 0 Å². The smallest absolute Gasteiger partial charge is 0.149 e. The molecule has 8 heteroatoms. The van der Waals surface area contributed by atoms with Gasteiger partial charge < -0.3 is 0 Å². The maximum atomic E-state index is 12.3. The first kappa shape index (κ1) is 18.3. The number of fused-ring (bicyclic) bond motifs is 1. The van der Waals surface area contributed by atoms with Crippen LogP contribution in [-0.2, 0) is 13.6 Å². The first-order valence-corrected chi connectivity index (χ1v) is 9.66. The lowest BCUT2D eigenvalue weighted by Crippen LogP contribution is -1.99. The topological polar surface area (TPSA) is 65.8 Å². The van der Waals surface area contributed by atoms with Crippen LogP contribution in [0, 0.1) is 0 Å². The van der Waals surface area contributed by atoms with Crippen LogP contribution in [0.25, 0.3) is 28.3 Å². The van der Waals surface area contributed by atoms with Crippen molar-refractivity contribution in [2.75, 3.05) is 6.67 Å². The SMILES string of the molecule is C1CCC1.Cn1cc(-c2cc3nccn3c(-c3cnn(CCCF)c3)n2)cn1. The molecule has 0 amide bonds. The summed E-state index contributed by atoms with van der Waals surface area (Å²) in [6, 6.07) is 1.92. The number of aromatic nitrogens is 7. The first-order valence-electron chi connectivity index (χ1n) is 9.66. The van der Waals surface area contributed by atoms with E-state index in [1.165, 1.54) is 25.7 Å². The van der Waals surface area contributed by atoms with Crippen molar-refractivity contribution < 1.29 is 4.39 Å². The minimum atomic E-state index is -0.351. The Bertz CT molecular complexity index is 1040. The van der Waals surface area contributed by atoms with E-state index in [4.69, 9.17) is 4.98 Å². The molecular formula is C20H24FN7. The molecule has 4 heterocycles. The van der Waals surface area contributed by atoms with Gasteiger partial charge in [0.2, 0.25) is 0 Å². The Labute approximate surface area is 162 Å². The van der Waals surface area contributed by atoms with E-state index in [9.17, 15) is 4.39 Å². The van der Waals surface area contributed by atoms with Crippen molar-refractivity contribution >= 4 is 5.65 Å². The highest BCUT2D eigenvalue weighted by atomic mass is 19.1. The van der Waals surface area contributed by atoms with E-state index < -0.39 is 0 Å². The molecule has 0 bridgehead atoms. The zero-order valence-electron chi connectivity index (χ0n) is 16.0. The molecule has 0 spiro atoms. The highest BCUT2D eigenvalue weighted by Crippen LogP contribution is 2.24. The minimum Gasteiger partial charge on any atom is -0.284 e. The van der Waals surface area contributed by atoms with E-state index in [1.54, 1.807) is 28.0 Å². The molecule has 1 aliphatic carbocycles. The van der Waals surface area contributed by atoms with Crippen LogP contribution in [0.4, 0.5) is 4.39 Å². The highest BCUT2D eigenvalue weighted by Gasteiger charge is 2.13. The van der Waals surface area contributed by atoms with E-state index in [2.05, 4.69) is 15.2 Å². The van der Waals surface area contributed by atoms with Crippen molar-refractivity contribution in [1.82, 2.24) is 33.9 Å². The fraction of sp³-hybridized carbons (Fsp3) is 0.400. The summed E-state index contributed by atoms with van der Waals surface area (Å²) in [7, 11) is 1.87. The predicted molar refractivity (Wildman–Crippen MR) is 105 cm³/mol. The number of alkyl halides is 1. The van der Waals surface area contributed by atoms with Crippen molar-refractivity contribution in [2.45, 2.75) is 38.6 Å². The van der Waals surface area contributed by atoms with Gasteiger partial charge >= 0.3 is 0 Å². The summed E-state index contributed by atoms with van der Waals surface area (Å²) in [5.41, 5.74) is 3.39. The molecule has 7 nitrogen and oxygen atoms in total. The molecule has 0 aromatic carbocycles. The largest absolute Gasteiger partial charge is 0.284 e. The van der Waals surface area contributed by atoms with Gasteiger partial charge in [-0.25, -0.2) is 9.97 Å². The number of nitrogens with zero attached hydrogens (tertiary/aromatic N) is 7. The summed E-state index contributed by atoms with van der Waals surface area (Å²) in [6.45, 7) is 0.196. The second kappa shape index (κ2) is 8.33. The van der Waals surface area contributed by atoms with Crippen LogP contribution >= 0.6 is 0 Å². The zero-order valence-corrected chi connectivity index (χ0v) is 16.0. The van der Waals surface area contributed by atoms with Crippen LogP contribution < -0.4 is 0 Å². The maximum Gasteiger partial charge on any atom is 0.149 e. The van der Waals surface area contributed by atoms with Gasteiger partial charge in [-0.3, -0.25) is 18.2 Å². The summed E-state index contributed by atoms with van der Waals surface area (Å²) in [5, 5.41) is 8.49. The van der Waals surface area contributed by atoms with Gasteiger partial charge in [-0.05, 0) is 6.42 Å². The summed E-state index contributed by atoms with van der Waals surface area (Å²) in [5.74, 6) is 0.746. The monoisotopic (exact) mass is 381 g/mol. The van der Waals surface area contributed by atoms with Gasteiger partial charge in [0, 0.05) is 50.0 Å². The number of rotatable bonds is 5. The second-order valence-corrected chi connectivity index (χ2v) is 6.97. The minimum absolute atomic E-state index is 0.351. The van der Waals surface area contributed by atoms with Gasteiger partial charge in [0.1, 0.15) is 11.5 Å². The molecule has 28 heavy (non-hydrogen) atoms. The highest BCUT2D eigenvalue weighted by molar-refractivity contribution is 5.68. The van der Waals surface area contributed by atoms with Crippen LogP contribution in [0.1, 0.15) is 32.1 Å². The van der Waals surface area contributed by atoms with Crippen molar-refractivity contribution in [1.29, 1.82) is 0 Å². The molecule has 0 unspecified atom stereocenters. The van der Waals surface area contributed by atoms with Crippen LogP contribution in [0.2, 0.25) is 0 Å². The third kappa shape index (κ3) is 3.95. The van der Waals surface area contributed by atoms with Crippen molar-refractivity contribution in [3.8, 4) is 22.6 Å². The number of hydrogen-bond acceptors (Lipinski definition) is 4. The summed E-state index contributed by atoms with van der Waals surface area (Å²) in [4.78, 5) is 9.14. The van der Waals surface area contributed by atoms with Gasteiger partial charge in [0.15, 0.2) is 0 Å². The number of hydrogen-bond donors (Lipinski definition) is 0. The average molecular weight is 381 g/mol. The zero-order chi connectivity index (χ0) is 19.3. The Hall–Kier alpha value is -3.03. The number of aryl methyl sites for hydroxylation is 2. The van der Waals surface area contributed by atoms with Gasteiger partial charge in [0.05, 0.1) is 30.3 Å². The van der Waals surface area contributed by atoms with Gasteiger partial charge in [-0.2, -0.15) is 10.2 Å². The normalized spacial score (nSPS) is 13.2. The number of imidazole rings is 1. The van der Waals surface area contributed by atoms with E-state index in [1.807, 2.05) is 36.1 Å². The van der Waals surface area contributed by atoms with E-state index in [-0.39, 0.29) is 6.67 Å². The lowest BCUT2D eigenvalue weighted by molar-refractivity contribution is 0.435. The van der Waals surface area contributed by atoms with Crippen molar-refractivity contribution in [3.05, 3.63) is 43.2 Å². The molecule has 0 N–H and O–H groups in total. The van der Waals surface area contributed by atoms with Crippen LogP contribution in [0.3, 0.4) is 0 Å². The molecule has 1 aliphatic rings. The first-order chi connectivity index (χ1) is 13.7. The second-order valence-electron chi connectivity index (χ2n) is 6.97. The summed E-state index contributed by atoms with van der Waals surface area (Å²) < 4.78 is 17.7. The Morgan fingerprint density at radius 1 is 1.04 bits per heavy atom. The standard InChI is InChI=1S/C16H16FN7.C4H8/c1-22-10-12(8-19-22)14-7-15-18-4-6-24(15)16(21-14)13-9-20-23(11-13)5-2-3-17;1-2-4-3-1/h4,6-11H,2-3,5H2,1H3;1-4H2. The molecule has 1 saturated carbocycles. The predicted octanol–water partition coefficient (Wildman–Crippen LogP) is 3.91. The average Bonchev–Trinajstić information content (AvgIpc) is 3.37. The fourth-order valence-corrected chi connectivity index (χ4v) is 2.90. The Morgan fingerprint density at radius 3 is 2.50 bits per heavy atom. The summed E-state index contributed by atoms with van der Waals surface area (Å²) >= 11 is 0. The maximum absolute atomic E-state index is 12.3. The van der Waals surface area contributed by atoms with Gasteiger partial charge in [0.25, 0.3) is 0 Å². The Morgan fingerprint density at radius 2 is 1.82 bits per heavy atom. The van der Waals surface area contributed by atoms with Crippen molar-refractivity contribution in [3.63, 3.8) is 0 Å². The molecule has 4 aromatic rings. The molecule has 0 aliphatic heterocycles. The molecule has 1 fully saturated rings. The third-order valence-corrected chi connectivity index (χ3v) is 4.80. The molecular weight excluding hydrogens is 357 g/mol. The van der Waals surface area contributed by atoms with Crippen molar-refractivity contribution in [2.24, 2.45) is 7.05 Å². The van der Waals surface area contributed by atoms with Crippen LogP contribution in [0.5, 0.6) is 0 Å². The van der Waals surface area contributed by atoms with E-state index in [0.29, 0.717) is 13.0 Å². The molecule has 146 valence electrons. The van der Waals surface area contributed by atoms with E-state index in [0.717, 1.165) is 28.3 Å². The molecule has 0 atom stereocenters. The molecule has 4 aromatic heterocycles. The van der Waals surface area contributed by atoms with Gasteiger partial charge in [-0.15, -0.1) is 0 Å². The molecule has 0 radical (unpaired) electrons. The van der Waals surface area contributed by atoms with Crippen LogP contribution in [0.15, 0.2) is 43.2 Å². The molecule has 0 saturated heterocycles. The lowest BCUT2D eigenvalue weighted by atomic mass is 10.0. The number of halogens is 1. The van der Waals surface area contributed by atoms with Gasteiger partial charge in [-0.1, -0.05) is 25.7 Å². The Balaban J connectivity index is 0.000000429. The third-order valence-electron chi connectivity index (χ3n) is 4.80. The molecule has 5 rings (SSSR count). The lowest BCUT2D eigenvalue weighted by Gasteiger charge is -2.05. The Kier molecular flexibility index (Phi) is 5.45. The fourth-order valence-electron chi connectivity index (χ4n) is 2.90. The summed E-state index contributed by atoms with van der Waals surface area (Å²) in [6.07, 6.45) is 17.4.